The van der Waals surface area contributed by atoms with E-state index >= 15 is 0 Å². The standard InChI is InChI=1S/C13H23N7/c1-2-7-20(10-5-6-10)13-16-11(18-14)15-12(17-13)19-8-3-4-9-19/h10H,2-9,14H2,1H3,(H,15,16,17,18). The molecule has 0 radical (unpaired) electrons. The molecule has 1 saturated carbocycles. The molecular weight excluding hydrogens is 254 g/mol. The van der Waals surface area contributed by atoms with Crippen LogP contribution in [0.3, 0.4) is 0 Å². The first-order valence-corrected chi connectivity index (χ1v) is 7.56. The monoisotopic (exact) mass is 277 g/mol. The summed E-state index contributed by atoms with van der Waals surface area (Å²) in [6.07, 6.45) is 5.96. The molecular formula is C13H23N7. The average molecular weight is 277 g/mol. The Kier molecular flexibility index (Phi) is 3.86. The number of rotatable bonds is 6. The fourth-order valence-electron chi connectivity index (χ4n) is 2.68. The number of nitrogens with two attached hydrogens (primary N) is 1. The Morgan fingerprint density at radius 3 is 2.60 bits per heavy atom. The zero-order valence-electron chi connectivity index (χ0n) is 12.0. The van der Waals surface area contributed by atoms with Gasteiger partial charge in [-0.2, -0.15) is 15.0 Å². The maximum atomic E-state index is 5.51. The van der Waals surface area contributed by atoms with Crippen molar-refractivity contribution in [3.05, 3.63) is 0 Å². The van der Waals surface area contributed by atoms with Crippen LogP contribution < -0.4 is 21.1 Å². The molecule has 2 fully saturated rings. The van der Waals surface area contributed by atoms with Gasteiger partial charge in [0.25, 0.3) is 0 Å². The molecule has 0 atom stereocenters. The lowest BCUT2D eigenvalue weighted by Gasteiger charge is -2.24. The maximum absolute atomic E-state index is 5.51. The summed E-state index contributed by atoms with van der Waals surface area (Å²) in [5.41, 5.74) is 2.57. The predicted octanol–water partition coefficient (Wildman–Crippen LogP) is 1.14. The Bertz CT molecular complexity index is 454. The van der Waals surface area contributed by atoms with Crippen molar-refractivity contribution in [2.45, 2.75) is 45.1 Å². The van der Waals surface area contributed by atoms with E-state index in [2.05, 4.69) is 37.1 Å². The van der Waals surface area contributed by atoms with Gasteiger partial charge in [-0.25, -0.2) is 5.84 Å². The van der Waals surface area contributed by atoms with E-state index in [0.717, 1.165) is 38.0 Å². The van der Waals surface area contributed by atoms with E-state index in [1.165, 1.54) is 25.7 Å². The van der Waals surface area contributed by atoms with E-state index in [9.17, 15) is 0 Å². The van der Waals surface area contributed by atoms with Crippen molar-refractivity contribution in [2.75, 3.05) is 34.9 Å². The molecule has 0 spiro atoms. The minimum absolute atomic E-state index is 0.457. The molecule has 1 saturated heterocycles. The highest BCUT2D eigenvalue weighted by Crippen LogP contribution is 2.31. The molecule has 0 bridgehead atoms. The lowest BCUT2D eigenvalue weighted by atomic mass is 10.4. The normalized spacial score (nSPS) is 18.4. The molecule has 2 heterocycles. The molecule has 2 aliphatic rings. The molecule has 3 rings (SSSR count). The first kappa shape index (κ1) is 13.4. The fraction of sp³-hybridized carbons (Fsp3) is 0.769. The fourth-order valence-corrected chi connectivity index (χ4v) is 2.68. The summed E-state index contributed by atoms with van der Waals surface area (Å²) >= 11 is 0. The summed E-state index contributed by atoms with van der Waals surface area (Å²) in [6, 6.07) is 0.592. The van der Waals surface area contributed by atoms with Gasteiger partial charge < -0.3 is 9.80 Å². The zero-order chi connectivity index (χ0) is 13.9. The number of aromatic nitrogens is 3. The van der Waals surface area contributed by atoms with E-state index in [1.807, 2.05) is 0 Å². The first-order valence-electron chi connectivity index (χ1n) is 7.56. The van der Waals surface area contributed by atoms with Crippen LogP contribution in [-0.2, 0) is 0 Å². The number of hydrazine groups is 1. The molecule has 1 aliphatic carbocycles. The summed E-state index contributed by atoms with van der Waals surface area (Å²) in [5, 5.41) is 0. The van der Waals surface area contributed by atoms with E-state index in [4.69, 9.17) is 5.84 Å². The second-order valence-corrected chi connectivity index (χ2v) is 5.52. The van der Waals surface area contributed by atoms with Crippen LogP contribution in [0, 0.1) is 0 Å². The smallest absolute Gasteiger partial charge is 0.243 e. The highest BCUT2D eigenvalue weighted by molar-refractivity contribution is 5.46. The summed E-state index contributed by atoms with van der Waals surface area (Å²) < 4.78 is 0. The van der Waals surface area contributed by atoms with Crippen molar-refractivity contribution in [3.8, 4) is 0 Å². The number of hydrogen-bond donors (Lipinski definition) is 2. The number of anilines is 3. The van der Waals surface area contributed by atoms with Crippen LogP contribution in [0.2, 0.25) is 0 Å². The number of hydrogen-bond acceptors (Lipinski definition) is 7. The quantitative estimate of drug-likeness (QED) is 0.596. The van der Waals surface area contributed by atoms with Crippen molar-refractivity contribution in [1.82, 2.24) is 15.0 Å². The maximum Gasteiger partial charge on any atom is 0.243 e. The van der Waals surface area contributed by atoms with Crippen molar-refractivity contribution < 1.29 is 0 Å². The zero-order valence-corrected chi connectivity index (χ0v) is 12.0. The van der Waals surface area contributed by atoms with Crippen LogP contribution in [-0.4, -0.2) is 40.6 Å². The number of nitrogens with zero attached hydrogens (tertiary/aromatic N) is 5. The van der Waals surface area contributed by atoms with Crippen molar-refractivity contribution in [1.29, 1.82) is 0 Å². The van der Waals surface area contributed by atoms with Crippen molar-refractivity contribution in [3.63, 3.8) is 0 Å². The third-order valence-corrected chi connectivity index (χ3v) is 3.84. The Balaban J connectivity index is 1.89. The second kappa shape index (κ2) is 5.78. The molecule has 0 unspecified atom stereocenters. The Hall–Kier alpha value is -1.63. The Morgan fingerprint density at radius 1 is 1.25 bits per heavy atom. The van der Waals surface area contributed by atoms with Gasteiger partial charge in [0.15, 0.2) is 0 Å². The molecule has 7 heteroatoms. The minimum atomic E-state index is 0.457. The lowest BCUT2D eigenvalue weighted by Crippen LogP contribution is -2.31. The number of nitrogens with one attached hydrogen (secondary N) is 1. The molecule has 1 aromatic rings. The second-order valence-electron chi connectivity index (χ2n) is 5.52. The molecule has 7 nitrogen and oxygen atoms in total. The van der Waals surface area contributed by atoms with Crippen LogP contribution in [0.4, 0.5) is 17.8 Å². The third-order valence-electron chi connectivity index (χ3n) is 3.84. The van der Waals surface area contributed by atoms with Gasteiger partial charge in [-0.1, -0.05) is 6.92 Å². The highest BCUT2D eigenvalue weighted by atomic mass is 15.4. The van der Waals surface area contributed by atoms with Gasteiger partial charge in [-0.05, 0) is 32.1 Å². The Labute approximate surface area is 119 Å². The molecule has 3 N–H and O–H groups in total. The molecule has 1 aliphatic heterocycles. The SMILES string of the molecule is CCCN(c1nc(NN)nc(N2CCCC2)n1)C1CC1. The highest BCUT2D eigenvalue weighted by Gasteiger charge is 2.31. The summed E-state index contributed by atoms with van der Waals surface area (Å²) in [6.45, 7) is 5.20. The van der Waals surface area contributed by atoms with Gasteiger partial charge >= 0.3 is 0 Å². The first-order chi connectivity index (χ1) is 9.81. The van der Waals surface area contributed by atoms with Crippen LogP contribution >= 0.6 is 0 Å². The molecule has 1 aromatic heterocycles. The largest absolute Gasteiger partial charge is 0.341 e. The lowest BCUT2D eigenvalue weighted by molar-refractivity contribution is 0.727. The van der Waals surface area contributed by atoms with Gasteiger partial charge in [-0.3, -0.25) is 5.43 Å². The van der Waals surface area contributed by atoms with Gasteiger partial charge in [0.05, 0.1) is 0 Å². The third kappa shape index (κ3) is 2.77. The van der Waals surface area contributed by atoms with Crippen LogP contribution in [0.5, 0.6) is 0 Å². The predicted molar refractivity (Wildman–Crippen MR) is 79.7 cm³/mol. The van der Waals surface area contributed by atoms with Gasteiger partial charge in [0.1, 0.15) is 0 Å². The van der Waals surface area contributed by atoms with E-state index in [0.29, 0.717) is 12.0 Å². The van der Waals surface area contributed by atoms with Crippen LogP contribution in [0.25, 0.3) is 0 Å². The summed E-state index contributed by atoms with van der Waals surface area (Å²) in [7, 11) is 0. The summed E-state index contributed by atoms with van der Waals surface area (Å²) in [4.78, 5) is 18.0. The molecule has 0 aromatic carbocycles. The van der Waals surface area contributed by atoms with Crippen molar-refractivity contribution >= 4 is 17.8 Å². The summed E-state index contributed by atoms with van der Waals surface area (Å²) in [5.74, 6) is 7.48. The van der Waals surface area contributed by atoms with E-state index in [-0.39, 0.29) is 0 Å². The van der Waals surface area contributed by atoms with Crippen molar-refractivity contribution in [2.24, 2.45) is 5.84 Å². The minimum Gasteiger partial charge on any atom is -0.341 e. The van der Waals surface area contributed by atoms with E-state index < -0.39 is 0 Å². The van der Waals surface area contributed by atoms with E-state index in [1.54, 1.807) is 0 Å². The Morgan fingerprint density at radius 2 is 2.00 bits per heavy atom. The topological polar surface area (TPSA) is 83.2 Å². The molecule has 20 heavy (non-hydrogen) atoms. The average Bonchev–Trinajstić information content (AvgIpc) is 3.17. The van der Waals surface area contributed by atoms with Crippen LogP contribution in [0.1, 0.15) is 39.0 Å². The van der Waals surface area contributed by atoms with Gasteiger partial charge in [0.2, 0.25) is 17.8 Å². The van der Waals surface area contributed by atoms with Gasteiger partial charge in [0, 0.05) is 25.7 Å². The van der Waals surface area contributed by atoms with Gasteiger partial charge in [-0.15, -0.1) is 0 Å². The molecule has 0 amide bonds. The molecule has 110 valence electrons. The van der Waals surface area contributed by atoms with Crippen LogP contribution in [0.15, 0.2) is 0 Å². The number of nitrogen functional groups attached to an aromatic ring is 1.